The zero-order valence-corrected chi connectivity index (χ0v) is 8.35. The summed E-state index contributed by atoms with van der Waals surface area (Å²) in [5.74, 6) is -0.790. The molecule has 12 heavy (non-hydrogen) atoms. The summed E-state index contributed by atoms with van der Waals surface area (Å²) in [7, 11) is 0. The Morgan fingerprint density at radius 3 is 2.42 bits per heavy atom. The quantitative estimate of drug-likeness (QED) is 0.662. The summed E-state index contributed by atoms with van der Waals surface area (Å²) < 4.78 is 0. The van der Waals surface area contributed by atoms with Crippen LogP contribution < -0.4 is 5.32 Å². The van der Waals surface area contributed by atoms with Gasteiger partial charge in [-0.2, -0.15) is 0 Å². The van der Waals surface area contributed by atoms with E-state index in [9.17, 15) is 4.79 Å². The predicted molar refractivity (Wildman–Crippen MR) is 49.2 cm³/mol. The molecule has 0 aliphatic carbocycles. The second kappa shape index (κ2) is 4.45. The molecule has 0 spiro atoms. The molecule has 72 valence electrons. The number of rotatable bonds is 5. The van der Waals surface area contributed by atoms with Crippen LogP contribution in [-0.2, 0) is 4.79 Å². The third-order valence-corrected chi connectivity index (χ3v) is 2.21. The molecule has 0 fully saturated rings. The van der Waals surface area contributed by atoms with Crippen LogP contribution >= 0.6 is 0 Å². The second-order valence-corrected chi connectivity index (χ2v) is 3.96. The Balaban J connectivity index is 3.75. The van der Waals surface area contributed by atoms with Gasteiger partial charge in [-0.15, -0.1) is 0 Å². The van der Waals surface area contributed by atoms with Crippen molar-refractivity contribution in [3.05, 3.63) is 0 Å². The molecule has 1 unspecified atom stereocenters. The lowest BCUT2D eigenvalue weighted by atomic mass is 9.90. The van der Waals surface area contributed by atoms with Crippen LogP contribution in [0.5, 0.6) is 0 Å². The van der Waals surface area contributed by atoms with Crippen LogP contribution in [0.1, 0.15) is 34.1 Å². The van der Waals surface area contributed by atoms with Gasteiger partial charge in [-0.25, -0.2) is 0 Å². The van der Waals surface area contributed by atoms with Gasteiger partial charge >= 0.3 is 5.97 Å². The van der Waals surface area contributed by atoms with E-state index in [2.05, 4.69) is 26.1 Å². The van der Waals surface area contributed by atoms with Crippen LogP contribution in [0.15, 0.2) is 0 Å². The molecular weight excluding hydrogens is 154 g/mol. The van der Waals surface area contributed by atoms with Crippen LogP contribution in [-0.4, -0.2) is 23.7 Å². The first kappa shape index (κ1) is 11.4. The van der Waals surface area contributed by atoms with Crippen LogP contribution in [0.2, 0.25) is 0 Å². The number of hydrogen-bond donors (Lipinski definition) is 2. The number of carbonyl (C=O) groups is 1. The summed E-state index contributed by atoms with van der Waals surface area (Å²) in [6.45, 7) is 8.75. The highest BCUT2D eigenvalue weighted by Crippen LogP contribution is 2.17. The Kier molecular flexibility index (Phi) is 4.24. The second-order valence-electron chi connectivity index (χ2n) is 3.96. The molecule has 0 aromatic rings. The van der Waals surface area contributed by atoms with Crippen molar-refractivity contribution in [2.45, 2.75) is 40.2 Å². The van der Waals surface area contributed by atoms with Gasteiger partial charge in [0.15, 0.2) is 0 Å². The van der Waals surface area contributed by atoms with E-state index >= 15 is 0 Å². The van der Waals surface area contributed by atoms with Gasteiger partial charge in [0, 0.05) is 6.54 Å². The van der Waals surface area contributed by atoms with Gasteiger partial charge in [0.1, 0.15) is 6.04 Å². The molecule has 0 aromatic heterocycles. The fourth-order valence-corrected chi connectivity index (χ4v) is 0.642. The molecule has 0 rings (SSSR count). The van der Waals surface area contributed by atoms with Gasteiger partial charge in [0.05, 0.1) is 0 Å². The van der Waals surface area contributed by atoms with Crippen LogP contribution in [0.25, 0.3) is 0 Å². The van der Waals surface area contributed by atoms with Crippen molar-refractivity contribution >= 4 is 5.97 Å². The monoisotopic (exact) mass is 173 g/mol. The van der Waals surface area contributed by atoms with Crippen LogP contribution in [0.4, 0.5) is 0 Å². The molecule has 0 aromatic carbocycles. The Morgan fingerprint density at radius 2 is 2.08 bits per heavy atom. The number of hydrogen-bond acceptors (Lipinski definition) is 2. The zero-order valence-electron chi connectivity index (χ0n) is 8.35. The topological polar surface area (TPSA) is 49.3 Å². The molecule has 0 bridgehead atoms. The molecule has 1 atom stereocenters. The van der Waals surface area contributed by atoms with Crippen molar-refractivity contribution in [3.8, 4) is 0 Å². The minimum atomic E-state index is -0.790. The van der Waals surface area contributed by atoms with Crippen molar-refractivity contribution in [3.63, 3.8) is 0 Å². The summed E-state index contributed by atoms with van der Waals surface area (Å²) in [4.78, 5) is 10.4. The normalized spacial score (nSPS) is 14.3. The van der Waals surface area contributed by atoms with Gasteiger partial charge < -0.3 is 10.4 Å². The predicted octanol–water partition coefficient (Wildman–Crippen LogP) is 1.49. The van der Waals surface area contributed by atoms with Crippen molar-refractivity contribution in [2.24, 2.45) is 5.41 Å². The zero-order chi connectivity index (χ0) is 9.78. The third-order valence-electron chi connectivity index (χ3n) is 2.21. The molecule has 0 aliphatic heterocycles. The first-order chi connectivity index (χ1) is 5.39. The van der Waals surface area contributed by atoms with Crippen molar-refractivity contribution in [2.75, 3.05) is 6.54 Å². The smallest absolute Gasteiger partial charge is 0.320 e. The van der Waals surface area contributed by atoms with Crippen molar-refractivity contribution in [1.82, 2.24) is 5.32 Å². The van der Waals surface area contributed by atoms with Gasteiger partial charge in [-0.1, -0.05) is 20.8 Å². The Hall–Kier alpha value is -0.570. The SMILES string of the molecule is CCC(C)(C)CNC(C)C(=O)O. The summed E-state index contributed by atoms with van der Waals surface area (Å²) in [6, 6.07) is -0.448. The average molecular weight is 173 g/mol. The molecule has 0 radical (unpaired) electrons. The highest BCUT2D eigenvalue weighted by atomic mass is 16.4. The molecular formula is C9H19NO2. The molecule has 2 N–H and O–H groups in total. The van der Waals surface area contributed by atoms with Gasteiger partial charge in [0.25, 0.3) is 0 Å². The minimum Gasteiger partial charge on any atom is -0.480 e. The fraction of sp³-hybridized carbons (Fsp3) is 0.889. The van der Waals surface area contributed by atoms with Gasteiger partial charge in [0.2, 0.25) is 0 Å². The molecule has 0 saturated heterocycles. The molecule has 0 heterocycles. The Bertz CT molecular complexity index is 155. The largest absolute Gasteiger partial charge is 0.480 e. The fourth-order valence-electron chi connectivity index (χ4n) is 0.642. The average Bonchev–Trinajstić information content (AvgIpc) is 2.00. The maximum absolute atomic E-state index is 10.4. The lowest BCUT2D eigenvalue weighted by molar-refractivity contribution is -0.139. The van der Waals surface area contributed by atoms with Crippen LogP contribution in [0.3, 0.4) is 0 Å². The third kappa shape index (κ3) is 4.34. The highest BCUT2D eigenvalue weighted by Gasteiger charge is 2.18. The molecule has 0 aliphatic rings. The lowest BCUT2D eigenvalue weighted by Gasteiger charge is -2.24. The summed E-state index contributed by atoms with van der Waals surface area (Å²) in [5.41, 5.74) is 0.184. The summed E-state index contributed by atoms with van der Waals surface area (Å²) in [6.07, 6.45) is 1.05. The van der Waals surface area contributed by atoms with E-state index in [0.29, 0.717) is 0 Å². The maximum Gasteiger partial charge on any atom is 0.320 e. The summed E-state index contributed by atoms with van der Waals surface area (Å²) in [5, 5.41) is 11.6. The van der Waals surface area contributed by atoms with E-state index < -0.39 is 12.0 Å². The lowest BCUT2D eigenvalue weighted by Crippen LogP contribution is -2.39. The van der Waals surface area contributed by atoms with Gasteiger partial charge in [-0.05, 0) is 18.8 Å². The molecule has 0 amide bonds. The van der Waals surface area contributed by atoms with E-state index in [1.807, 2.05) is 0 Å². The number of nitrogens with one attached hydrogen (secondary N) is 1. The Morgan fingerprint density at radius 1 is 1.58 bits per heavy atom. The number of carboxylic acids is 1. The van der Waals surface area contributed by atoms with E-state index in [1.54, 1.807) is 6.92 Å². The van der Waals surface area contributed by atoms with Crippen molar-refractivity contribution < 1.29 is 9.90 Å². The minimum absolute atomic E-state index is 0.184. The van der Waals surface area contributed by atoms with E-state index in [0.717, 1.165) is 13.0 Å². The van der Waals surface area contributed by atoms with E-state index in [4.69, 9.17) is 5.11 Å². The molecule has 0 saturated carbocycles. The first-order valence-corrected chi connectivity index (χ1v) is 4.35. The van der Waals surface area contributed by atoms with Crippen molar-refractivity contribution in [1.29, 1.82) is 0 Å². The Labute approximate surface area is 74.2 Å². The summed E-state index contributed by atoms with van der Waals surface area (Å²) >= 11 is 0. The standard InChI is InChI=1S/C9H19NO2/c1-5-9(3,4)6-10-7(2)8(11)12/h7,10H,5-6H2,1-4H3,(H,11,12). The molecule has 3 heteroatoms. The van der Waals surface area contributed by atoms with E-state index in [1.165, 1.54) is 0 Å². The number of carboxylic acid groups (broad SMARTS) is 1. The number of aliphatic carboxylic acids is 1. The first-order valence-electron chi connectivity index (χ1n) is 4.35. The van der Waals surface area contributed by atoms with E-state index in [-0.39, 0.29) is 5.41 Å². The van der Waals surface area contributed by atoms with Gasteiger partial charge in [-0.3, -0.25) is 4.79 Å². The highest BCUT2D eigenvalue weighted by molar-refractivity contribution is 5.72. The maximum atomic E-state index is 10.4. The molecule has 3 nitrogen and oxygen atoms in total. The van der Waals surface area contributed by atoms with Crippen LogP contribution in [0, 0.1) is 5.41 Å².